The number of methoxy groups -OCH3 is 1. The summed E-state index contributed by atoms with van der Waals surface area (Å²) in [7, 11) is 1.31. The molecule has 0 saturated carbocycles. The Kier molecular flexibility index (Phi) is 7.16. The molecule has 0 rings (SSSR count). The first-order valence-corrected chi connectivity index (χ1v) is 4.29. The quantitative estimate of drug-likeness (QED) is 0.731. The van der Waals surface area contributed by atoms with E-state index in [9.17, 15) is 4.79 Å². The Hall–Kier alpha value is -0.320. The van der Waals surface area contributed by atoms with Crippen LogP contribution >= 0.6 is 12.4 Å². The number of rotatable bonds is 3. The molecular formula is C9H20ClNO3. The molecule has 0 aliphatic heterocycles. The largest absolute Gasteiger partial charge is 0.468 e. The fourth-order valence-corrected chi connectivity index (χ4v) is 0.959. The Morgan fingerprint density at radius 1 is 1.36 bits per heavy atom. The molecule has 0 aromatic rings. The van der Waals surface area contributed by atoms with Gasteiger partial charge in [0.2, 0.25) is 0 Å². The normalized spacial score (nSPS) is 15.3. The molecule has 86 valence electrons. The van der Waals surface area contributed by atoms with Gasteiger partial charge >= 0.3 is 5.97 Å². The number of nitrogens with two attached hydrogens (primary N) is 1. The monoisotopic (exact) mass is 225 g/mol. The van der Waals surface area contributed by atoms with Crippen molar-refractivity contribution in [2.45, 2.75) is 45.4 Å². The summed E-state index contributed by atoms with van der Waals surface area (Å²) in [6.07, 6.45) is -0.340. The minimum Gasteiger partial charge on any atom is -0.468 e. The van der Waals surface area contributed by atoms with E-state index in [4.69, 9.17) is 10.5 Å². The number of carbonyl (C=O) groups is 1. The Morgan fingerprint density at radius 2 is 1.79 bits per heavy atom. The highest BCUT2D eigenvalue weighted by Gasteiger charge is 2.26. The molecule has 0 heterocycles. The van der Waals surface area contributed by atoms with Crippen molar-refractivity contribution < 1.29 is 14.3 Å². The number of halogens is 1. The molecule has 0 aliphatic carbocycles. The summed E-state index contributed by atoms with van der Waals surface area (Å²) in [5.74, 6) is -0.447. The van der Waals surface area contributed by atoms with Crippen LogP contribution in [0.5, 0.6) is 0 Å². The van der Waals surface area contributed by atoms with Gasteiger partial charge < -0.3 is 15.2 Å². The second-order valence-electron chi connectivity index (χ2n) is 3.98. The maximum absolute atomic E-state index is 11.0. The van der Waals surface area contributed by atoms with E-state index < -0.39 is 12.0 Å². The molecule has 0 saturated heterocycles. The minimum absolute atomic E-state index is 0. The molecule has 0 bridgehead atoms. The second-order valence-corrected chi connectivity index (χ2v) is 3.98. The Labute approximate surface area is 91.5 Å². The molecule has 2 atom stereocenters. The molecule has 0 aliphatic rings. The third-order valence-electron chi connectivity index (χ3n) is 1.52. The van der Waals surface area contributed by atoms with E-state index in [-0.39, 0.29) is 24.1 Å². The molecule has 0 amide bonds. The van der Waals surface area contributed by atoms with Crippen LogP contribution in [0, 0.1) is 0 Å². The van der Waals surface area contributed by atoms with E-state index in [1.165, 1.54) is 7.11 Å². The highest BCUT2D eigenvalue weighted by molar-refractivity contribution is 5.85. The maximum atomic E-state index is 11.0. The second kappa shape index (κ2) is 6.22. The van der Waals surface area contributed by atoms with Gasteiger partial charge in [-0.15, -0.1) is 12.4 Å². The van der Waals surface area contributed by atoms with E-state index in [1.54, 1.807) is 6.92 Å². The van der Waals surface area contributed by atoms with Gasteiger partial charge in [-0.2, -0.15) is 0 Å². The van der Waals surface area contributed by atoms with Crippen molar-refractivity contribution in [3.63, 3.8) is 0 Å². The smallest absolute Gasteiger partial charge is 0.325 e. The first kappa shape index (κ1) is 16.1. The molecule has 0 spiro atoms. The molecule has 0 aromatic heterocycles. The Bertz CT molecular complexity index is 179. The summed E-state index contributed by atoms with van der Waals surface area (Å²) < 4.78 is 10.0. The van der Waals surface area contributed by atoms with E-state index in [0.29, 0.717) is 0 Å². The van der Waals surface area contributed by atoms with Gasteiger partial charge in [0, 0.05) is 0 Å². The first-order chi connectivity index (χ1) is 5.78. The van der Waals surface area contributed by atoms with Crippen molar-refractivity contribution in [3.8, 4) is 0 Å². The molecule has 2 N–H and O–H groups in total. The van der Waals surface area contributed by atoms with Crippen LogP contribution in [0.2, 0.25) is 0 Å². The van der Waals surface area contributed by atoms with Gasteiger partial charge in [-0.3, -0.25) is 4.79 Å². The minimum atomic E-state index is -0.718. The van der Waals surface area contributed by atoms with Gasteiger partial charge in [0.25, 0.3) is 0 Å². The van der Waals surface area contributed by atoms with Crippen LogP contribution in [0.25, 0.3) is 0 Å². The molecular weight excluding hydrogens is 206 g/mol. The van der Waals surface area contributed by atoms with Crippen LogP contribution < -0.4 is 5.73 Å². The molecule has 0 aromatic carbocycles. The highest BCUT2D eigenvalue weighted by atomic mass is 35.5. The lowest BCUT2D eigenvalue weighted by Crippen LogP contribution is -2.45. The molecule has 5 heteroatoms. The molecule has 0 unspecified atom stereocenters. The molecule has 0 fully saturated rings. The summed E-state index contributed by atoms with van der Waals surface area (Å²) in [5.41, 5.74) is 5.28. The summed E-state index contributed by atoms with van der Waals surface area (Å²) in [5, 5.41) is 0. The first-order valence-electron chi connectivity index (χ1n) is 4.29. The van der Waals surface area contributed by atoms with Crippen LogP contribution in [0.3, 0.4) is 0 Å². The van der Waals surface area contributed by atoms with Gasteiger partial charge in [0.1, 0.15) is 6.04 Å². The molecule has 14 heavy (non-hydrogen) atoms. The van der Waals surface area contributed by atoms with Gasteiger partial charge in [0.05, 0.1) is 18.8 Å². The van der Waals surface area contributed by atoms with Crippen molar-refractivity contribution in [2.24, 2.45) is 5.73 Å². The van der Waals surface area contributed by atoms with Crippen LogP contribution in [0.15, 0.2) is 0 Å². The Balaban J connectivity index is 0. The number of esters is 1. The topological polar surface area (TPSA) is 61.5 Å². The third-order valence-corrected chi connectivity index (χ3v) is 1.52. The lowest BCUT2D eigenvalue weighted by Gasteiger charge is -2.27. The van der Waals surface area contributed by atoms with Gasteiger partial charge in [-0.05, 0) is 27.7 Å². The molecule has 0 radical (unpaired) electrons. The summed E-state index contributed by atoms with van der Waals surface area (Å²) in [6, 6.07) is -0.718. The van der Waals surface area contributed by atoms with Gasteiger partial charge in [-0.25, -0.2) is 0 Å². The zero-order valence-electron chi connectivity index (χ0n) is 9.37. The number of carbonyl (C=O) groups excluding carboxylic acids is 1. The van der Waals surface area contributed by atoms with Gasteiger partial charge in [-0.1, -0.05) is 0 Å². The van der Waals surface area contributed by atoms with Crippen molar-refractivity contribution in [2.75, 3.05) is 7.11 Å². The van der Waals surface area contributed by atoms with Crippen molar-refractivity contribution >= 4 is 18.4 Å². The fourth-order valence-electron chi connectivity index (χ4n) is 0.959. The van der Waals surface area contributed by atoms with Crippen molar-refractivity contribution in [1.82, 2.24) is 0 Å². The fraction of sp³-hybridized carbons (Fsp3) is 0.889. The number of hydrogen-bond donors (Lipinski definition) is 1. The van der Waals surface area contributed by atoms with Crippen molar-refractivity contribution in [3.05, 3.63) is 0 Å². The predicted octanol–water partition coefficient (Wildman–Crippen LogP) is 1.11. The summed E-state index contributed by atoms with van der Waals surface area (Å²) in [6.45, 7) is 7.49. The third kappa shape index (κ3) is 6.18. The van der Waals surface area contributed by atoms with E-state index in [0.717, 1.165) is 0 Å². The van der Waals surface area contributed by atoms with E-state index in [2.05, 4.69) is 4.74 Å². The zero-order valence-corrected chi connectivity index (χ0v) is 10.2. The standard InChI is InChI=1S/C9H19NO3.ClH/c1-6(13-9(2,3)4)7(10)8(11)12-5;/h6-7H,10H2,1-5H3;1H/t6-,7+;/m0./s1. The van der Waals surface area contributed by atoms with Crippen LogP contribution in [0.4, 0.5) is 0 Å². The average Bonchev–Trinajstić information content (AvgIpc) is 1.98. The lowest BCUT2D eigenvalue weighted by molar-refractivity contribution is -0.149. The van der Waals surface area contributed by atoms with E-state index >= 15 is 0 Å². The van der Waals surface area contributed by atoms with Gasteiger partial charge in [0.15, 0.2) is 0 Å². The molecule has 4 nitrogen and oxygen atoms in total. The SMILES string of the molecule is COC(=O)[C@H](N)[C@H](C)OC(C)(C)C.Cl. The summed E-state index contributed by atoms with van der Waals surface area (Å²) >= 11 is 0. The number of hydrogen-bond acceptors (Lipinski definition) is 4. The van der Waals surface area contributed by atoms with Crippen LogP contribution in [-0.4, -0.2) is 30.8 Å². The van der Waals surface area contributed by atoms with Crippen LogP contribution in [-0.2, 0) is 14.3 Å². The Morgan fingerprint density at radius 3 is 2.07 bits per heavy atom. The predicted molar refractivity (Wildman–Crippen MR) is 57.5 cm³/mol. The average molecular weight is 226 g/mol. The van der Waals surface area contributed by atoms with Crippen molar-refractivity contribution in [1.29, 1.82) is 0 Å². The van der Waals surface area contributed by atoms with Crippen LogP contribution in [0.1, 0.15) is 27.7 Å². The zero-order chi connectivity index (χ0) is 10.6. The summed E-state index contributed by atoms with van der Waals surface area (Å²) in [4.78, 5) is 11.0. The number of ether oxygens (including phenoxy) is 2. The lowest BCUT2D eigenvalue weighted by atomic mass is 10.1. The highest BCUT2D eigenvalue weighted by Crippen LogP contribution is 2.12. The van der Waals surface area contributed by atoms with E-state index in [1.807, 2.05) is 20.8 Å². The maximum Gasteiger partial charge on any atom is 0.325 e.